The molecule has 140 valence electrons. The summed E-state index contributed by atoms with van der Waals surface area (Å²) in [5, 5.41) is 0. The zero-order chi connectivity index (χ0) is 18.2. The van der Waals surface area contributed by atoms with Crippen LogP contribution in [0.25, 0.3) is 0 Å². The minimum absolute atomic E-state index is 0.684. The first kappa shape index (κ1) is 19.0. The Kier molecular flexibility index (Phi) is 5.66. The number of benzene rings is 1. The highest BCUT2D eigenvalue weighted by Gasteiger charge is 2.50. The molecule has 1 aromatic carbocycles. The predicted octanol–water partition coefficient (Wildman–Crippen LogP) is 7.85. The van der Waals surface area contributed by atoms with Crippen LogP contribution in [-0.2, 0) is 0 Å². The number of aryl methyl sites for hydroxylation is 1. The van der Waals surface area contributed by atoms with Gasteiger partial charge < -0.3 is 0 Å². The van der Waals surface area contributed by atoms with Crippen molar-refractivity contribution in [3.63, 3.8) is 0 Å². The van der Waals surface area contributed by atoms with Gasteiger partial charge in [0.15, 0.2) is 0 Å². The van der Waals surface area contributed by atoms with Crippen LogP contribution in [0, 0.1) is 30.1 Å². The Hall–Kier alpha value is -0.780. The Balaban J connectivity index is 0.000000324. The maximum absolute atomic E-state index is 2.59. The van der Waals surface area contributed by atoms with Crippen LogP contribution in [0.15, 0.2) is 18.2 Å². The van der Waals surface area contributed by atoms with Crippen LogP contribution in [-0.4, -0.2) is 0 Å². The van der Waals surface area contributed by atoms with E-state index in [1.165, 1.54) is 50.5 Å². The molecule has 0 heteroatoms. The summed E-state index contributed by atoms with van der Waals surface area (Å²) in [6.07, 6.45) is 10.2. The minimum Gasteiger partial charge on any atom is -0.0651 e. The van der Waals surface area contributed by atoms with E-state index in [1.54, 1.807) is 11.1 Å². The SMILES string of the molecule is CCC(C)C.Cc1ccc2c(c1)C(C)CC1C2CCC2(C)CCCC12. The molecule has 0 aromatic heterocycles. The van der Waals surface area contributed by atoms with Crippen molar-refractivity contribution >= 4 is 0 Å². The van der Waals surface area contributed by atoms with E-state index < -0.39 is 0 Å². The summed E-state index contributed by atoms with van der Waals surface area (Å²) < 4.78 is 0. The molecule has 0 radical (unpaired) electrons. The molecule has 2 fully saturated rings. The quantitative estimate of drug-likeness (QED) is 0.488. The summed E-state index contributed by atoms with van der Waals surface area (Å²) in [5.41, 5.74) is 5.51. The van der Waals surface area contributed by atoms with Crippen LogP contribution in [0.3, 0.4) is 0 Å². The molecule has 0 nitrogen and oxygen atoms in total. The van der Waals surface area contributed by atoms with Gasteiger partial charge in [-0.3, -0.25) is 0 Å². The van der Waals surface area contributed by atoms with Gasteiger partial charge in [-0.2, -0.15) is 0 Å². The molecule has 3 aliphatic rings. The summed E-state index contributed by atoms with van der Waals surface area (Å²) in [6.45, 7) is 13.9. The molecule has 0 bridgehead atoms. The maximum atomic E-state index is 2.59. The first-order valence-electron chi connectivity index (χ1n) is 11.0. The van der Waals surface area contributed by atoms with E-state index in [0.717, 1.165) is 29.6 Å². The molecule has 25 heavy (non-hydrogen) atoms. The first-order valence-corrected chi connectivity index (χ1v) is 11.0. The minimum atomic E-state index is 0.684. The summed E-state index contributed by atoms with van der Waals surface area (Å²) in [5.74, 6) is 4.52. The molecule has 1 aromatic rings. The van der Waals surface area contributed by atoms with Crippen molar-refractivity contribution in [2.24, 2.45) is 23.2 Å². The summed E-state index contributed by atoms with van der Waals surface area (Å²) in [6, 6.07) is 7.28. The van der Waals surface area contributed by atoms with E-state index >= 15 is 0 Å². The molecular weight excluding hydrogens is 300 g/mol. The summed E-state index contributed by atoms with van der Waals surface area (Å²) in [7, 11) is 0. The van der Waals surface area contributed by atoms with Crippen LogP contribution in [0.4, 0.5) is 0 Å². The van der Waals surface area contributed by atoms with Gasteiger partial charge in [-0.1, -0.05) is 71.2 Å². The predicted molar refractivity (Wildman–Crippen MR) is 110 cm³/mol. The Bertz CT molecular complexity index is 584. The number of rotatable bonds is 1. The van der Waals surface area contributed by atoms with Gasteiger partial charge in [0, 0.05) is 0 Å². The number of fused-ring (bicyclic) bond motifs is 5. The third-order valence-electron chi connectivity index (χ3n) is 7.83. The van der Waals surface area contributed by atoms with Gasteiger partial charge in [0.2, 0.25) is 0 Å². The Labute approximate surface area is 156 Å². The lowest BCUT2D eigenvalue weighted by Crippen LogP contribution is -2.40. The average Bonchev–Trinajstić information content (AvgIpc) is 2.98. The molecule has 5 unspecified atom stereocenters. The van der Waals surface area contributed by atoms with Crippen molar-refractivity contribution in [2.45, 2.75) is 98.3 Å². The third-order valence-corrected chi connectivity index (χ3v) is 7.83. The Morgan fingerprint density at radius 1 is 1.12 bits per heavy atom. The van der Waals surface area contributed by atoms with Crippen LogP contribution < -0.4 is 0 Å². The lowest BCUT2D eigenvalue weighted by Gasteiger charge is -2.50. The molecule has 5 atom stereocenters. The lowest BCUT2D eigenvalue weighted by molar-refractivity contribution is 0.0550. The maximum Gasteiger partial charge on any atom is -0.0128 e. The van der Waals surface area contributed by atoms with Gasteiger partial charge in [-0.25, -0.2) is 0 Å². The third kappa shape index (κ3) is 3.69. The van der Waals surface area contributed by atoms with E-state index in [9.17, 15) is 0 Å². The fourth-order valence-electron chi connectivity index (χ4n) is 5.99. The van der Waals surface area contributed by atoms with E-state index in [4.69, 9.17) is 0 Å². The molecule has 0 N–H and O–H groups in total. The molecule has 4 rings (SSSR count). The van der Waals surface area contributed by atoms with Crippen LogP contribution >= 0.6 is 0 Å². The van der Waals surface area contributed by atoms with Crippen molar-refractivity contribution < 1.29 is 0 Å². The largest absolute Gasteiger partial charge is 0.0651 e. The van der Waals surface area contributed by atoms with Crippen LogP contribution in [0.1, 0.15) is 108 Å². The van der Waals surface area contributed by atoms with Gasteiger partial charge in [-0.05, 0) is 85.2 Å². The number of hydrogen-bond donors (Lipinski definition) is 0. The second-order valence-electron chi connectivity index (χ2n) is 10.0. The molecule has 0 saturated heterocycles. The normalized spacial score (nSPS) is 36.1. The zero-order valence-electron chi connectivity index (χ0n) is 17.6. The van der Waals surface area contributed by atoms with Crippen LogP contribution in [0.2, 0.25) is 0 Å². The van der Waals surface area contributed by atoms with Gasteiger partial charge in [0.1, 0.15) is 0 Å². The fraction of sp³-hybridized carbons (Fsp3) is 0.760. The average molecular weight is 341 g/mol. The summed E-state index contributed by atoms with van der Waals surface area (Å²) in [4.78, 5) is 0. The first-order chi connectivity index (χ1) is 11.9. The second-order valence-corrected chi connectivity index (χ2v) is 10.0. The van der Waals surface area contributed by atoms with Gasteiger partial charge in [0.05, 0.1) is 0 Å². The topological polar surface area (TPSA) is 0 Å². The summed E-state index contributed by atoms with van der Waals surface area (Å²) >= 11 is 0. The van der Waals surface area contributed by atoms with Gasteiger partial charge >= 0.3 is 0 Å². The highest BCUT2D eigenvalue weighted by atomic mass is 14.6. The highest BCUT2D eigenvalue weighted by Crippen LogP contribution is 2.62. The van der Waals surface area contributed by atoms with Crippen molar-refractivity contribution in [1.29, 1.82) is 0 Å². The molecule has 0 aliphatic heterocycles. The van der Waals surface area contributed by atoms with Gasteiger partial charge in [-0.15, -0.1) is 0 Å². The van der Waals surface area contributed by atoms with Crippen molar-refractivity contribution in [1.82, 2.24) is 0 Å². The lowest BCUT2D eigenvalue weighted by atomic mass is 9.54. The monoisotopic (exact) mass is 340 g/mol. The van der Waals surface area contributed by atoms with E-state index in [-0.39, 0.29) is 0 Å². The standard InChI is InChI=1S/C20H28.C5H12/c1-13-6-7-15-16-8-10-20(3)9-4-5-19(20)18(16)12-14(2)17(15)11-13;1-4-5(2)3/h6-7,11,14,16,18-19H,4-5,8-10,12H2,1-3H3;5H,4H2,1-3H3. The highest BCUT2D eigenvalue weighted by molar-refractivity contribution is 5.40. The fourth-order valence-corrected chi connectivity index (χ4v) is 5.99. The van der Waals surface area contributed by atoms with Crippen molar-refractivity contribution in [3.05, 3.63) is 34.9 Å². The van der Waals surface area contributed by atoms with Crippen molar-refractivity contribution in [3.8, 4) is 0 Å². The molecule has 0 amide bonds. The molecule has 3 aliphatic carbocycles. The molecule has 0 heterocycles. The molecular formula is C25H40. The Morgan fingerprint density at radius 2 is 1.84 bits per heavy atom. The smallest absolute Gasteiger partial charge is 0.0128 e. The molecule has 2 saturated carbocycles. The van der Waals surface area contributed by atoms with Gasteiger partial charge in [0.25, 0.3) is 0 Å². The van der Waals surface area contributed by atoms with E-state index in [2.05, 4.69) is 59.7 Å². The zero-order valence-corrected chi connectivity index (χ0v) is 17.6. The van der Waals surface area contributed by atoms with E-state index in [0.29, 0.717) is 5.41 Å². The second kappa shape index (κ2) is 7.45. The van der Waals surface area contributed by atoms with Crippen LogP contribution in [0.5, 0.6) is 0 Å². The van der Waals surface area contributed by atoms with E-state index in [1.807, 2.05) is 0 Å². The molecule has 0 spiro atoms. The number of hydrogen-bond acceptors (Lipinski definition) is 0. The Morgan fingerprint density at radius 3 is 2.52 bits per heavy atom. The van der Waals surface area contributed by atoms with Crippen molar-refractivity contribution in [2.75, 3.05) is 0 Å².